The lowest BCUT2D eigenvalue weighted by Gasteiger charge is -2.08. The summed E-state index contributed by atoms with van der Waals surface area (Å²) in [7, 11) is 0. The summed E-state index contributed by atoms with van der Waals surface area (Å²) in [5.74, 6) is -0.424. The number of alkyl halides is 3. The molecule has 130 valence electrons. The van der Waals surface area contributed by atoms with Crippen LogP contribution in [-0.2, 0) is 12.7 Å². The first-order valence-electron chi connectivity index (χ1n) is 7.31. The molecule has 0 radical (unpaired) electrons. The molecular formula is C17H13F3N2O2S. The van der Waals surface area contributed by atoms with Crippen LogP contribution in [0, 0.1) is 6.92 Å². The number of rotatable bonds is 4. The maximum Gasteiger partial charge on any atom is 0.416 e. The van der Waals surface area contributed by atoms with Crippen LogP contribution in [0.3, 0.4) is 0 Å². The van der Waals surface area contributed by atoms with Gasteiger partial charge < -0.3 is 9.84 Å². The Balaban J connectivity index is 1.90. The number of aryl methyl sites for hydroxylation is 1. The van der Waals surface area contributed by atoms with Gasteiger partial charge in [-0.2, -0.15) is 13.2 Å². The van der Waals surface area contributed by atoms with Crippen LogP contribution < -0.4 is 5.32 Å². The Morgan fingerprint density at radius 3 is 2.76 bits per heavy atom. The average molecular weight is 366 g/mol. The summed E-state index contributed by atoms with van der Waals surface area (Å²) in [6, 6.07) is 8.36. The number of hydrogen-bond acceptors (Lipinski definition) is 4. The molecule has 25 heavy (non-hydrogen) atoms. The summed E-state index contributed by atoms with van der Waals surface area (Å²) in [5.41, 5.74) is -0.215. The molecule has 8 heteroatoms. The maximum atomic E-state index is 12.9. The fourth-order valence-corrected chi connectivity index (χ4v) is 2.98. The quantitative estimate of drug-likeness (QED) is 0.731. The van der Waals surface area contributed by atoms with Gasteiger partial charge >= 0.3 is 6.18 Å². The lowest BCUT2D eigenvalue weighted by atomic mass is 10.0. The van der Waals surface area contributed by atoms with Gasteiger partial charge in [0, 0.05) is 10.4 Å². The van der Waals surface area contributed by atoms with Gasteiger partial charge in [-0.15, -0.1) is 11.3 Å². The minimum atomic E-state index is -4.48. The first-order chi connectivity index (χ1) is 11.9. The summed E-state index contributed by atoms with van der Waals surface area (Å²) in [4.78, 5) is 13.4. The van der Waals surface area contributed by atoms with Crippen molar-refractivity contribution >= 4 is 17.2 Å². The van der Waals surface area contributed by atoms with E-state index in [9.17, 15) is 18.0 Å². The second-order valence-corrected chi connectivity index (χ2v) is 6.34. The number of thiophene rings is 1. The van der Waals surface area contributed by atoms with Crippen LogP contribution >= 0.6 is 11.3 Å². The first-order valence-corrected chi connectivity index (χ1v) is 8.18. The smallest absolute Gasteiger partial charge is 0.355 e. The maximum absolute atomic E-state index is 12.9. The highest BCUT2D eigenvalue weighted by molar-refractivity contribution is 7.09. The van der Waals surface area contributed by atoms with E-state index in [0.29, 0.717) is 12.2 Å². The van der Waals surface area contributed by atoms with E-state index in [2.05, 4.69) is 10.5 Å². The largest absolute Gasteiger partial charge is 0.416 e. The standard InChI is InChI=1S/C17H13F3N2O2S/c1-10-14(16(23)21-9-13-6-3-7-25-13)15(24-22-10)11-4-2-5-12(8-11)17(18,19)20/h2-8H,9H2,1H3,(H,21,23). The monoisotopic (exact) mass is 366 g/mol. The van der Waals surface area contributed by atoms with Crippen LogP contribution in [0.1, 0.15) is 26.5 Å². The van der Waals surface area contributed by atoms with E-state index in [-0.39, 0.29) is 16.9 Å². The van der Waals surface area contributed by atoms with E-state index in [1.807, 2.05) is 17.5 Å². The van der Waals surface area contributed by atoms with E-state index in [1.54, 1.807) is 6.92 Å². The first kappa shape index (κ1) is 17.2. The van der Waals surface area contributed by atoms with Gasteiger partial charge in [0.05, 0.1) is 17.8 Å². The predicted octanol–water partition coefficient (Wildman–Crippen LogP) is 4.66. The molecule has 0 unspecified atom stereocenters. The van der Waals surface area contributed by atoms with Crippen LogP contribution in [0.5, 0.6) is 0 Å². The number of aromatic nitrogens is 1. The van der Waals surface area contributed by atoms with E-state index < -0.39 is 17.6 Å². The Morgan fingerprint density at radius 2 is 2.08 bits per heavy atom. The van der Waals surface area contributed by atoms with Gasteiger partial charge in [0.2, 0.25) is 0 Å². The van der Waals surface area contributed by atoms with Gasteiger partial charge in [0.15, 0.2) is 5.76 Å². The molecule has 3 rings (SSSR count). The van der Waals surface area contributed by atoms with E-state index in [4.69, 9.17) is 4.52 Å². The van der Waals surface area contributed by atoms with Crippen LogP contribution in [0.4, 0.5) is 13.2 Å². The second-order valence-electron chi connectivity index (χ2n) is 5.31. The van der Waals surface area contributed by atoms with Crippen LogP contribution in [0.15, 0.2) is 46.3 Å². The number of amides is 1. The van der Waals surface area contributed by atoms with E-state index in [0.717, 1.165) is 17.0 Å². The van der Waals surface area contributed by atoms with Gasteiger partial charge in [-0.3, -0.25) is 4.79 Å². The molecule has 1 amide bonds. The van der Waals surface area contributed by atoms with E-state index in [1.165, 1.54) is 23.5 Å². The fourth-order valence-electron chi connectivity index (χ4n) is 2.34. The predicted molar refractivity (Wildman–Crippen MR) is 87.2 cm³/mol. The molecule has 0 aliphatic carbocycles. The van der Waals surface area contributed by atoms with Crippen molar-refractivity contribution in [2.24, 2.45) is 0 Å². The SMILES string of the molecule is Cc1noc(-c2cccc(C(F)(F)F)c2)c1C(=O)NCc1cccs1. The summed E-state index contributed by atoms with van der Waals surface area (Å²) in [6.45, 7) is 1.89. The number of benzene rings is 1. The Labute approximate surface area is 145 Å². The summed E-state index contributed by atoms with van der Waals surface area (Å²) in [6.07, 6.45) is -4.48. The molecule has 0 bridgehead atoms. The summed E-state index contributed by atoms with van der Waals surface area (Å²) >= 11 is 1.49. The zero-order valence-corrected chi connectivity index (χ0v) is 13.9. The van der Waals surface area contributed by atoms with Crippen molar-refractivity contribution in [2.45, 2.75) is 19.6 Å². The number of halogens is 3. The Morgan fingerprint density at radius 1 is 1.28 bits per heavy atom. The van der Waals surface area contributed by atoms with Crippen LogP contribution in [0.2, 0.25) is 0 Å². The number of hydrogen-bond donors (Lipinski definition) is 1. The van der Waals surface area contributed by atoms with Crippen molar-refractivity contribution in [2.75, 3.05) is 0 Å². The van der Waals surface area contributed by atoms with Crippen molar-refractivity contribution in [1.29, 1.82) is 0 Å². The third-order valence-corrected chi connectivity index (χ3v) is 4.42. The molecule has 4 nitrogen and oxygen atoms in total. The third-order valence-electron chi connectivity index (χ3n) is 3.55. The molecule has 0 spiro atoms. The minimum Gasteiger partial charge on any atom is -0.355 e. The molecular weight excluding hydrogens is 353 g/mol. The highest BCUT2D eigenvalue weighted by Crippen LogP contribution is 2.33. The third kappa shape index (κ3) is 3.74. The second kappa shape index (κ2) is 6.72. The molecule has 0 fully saturated rings. The van der Waals surface area contributed by atoms with Crippen molar-refractivity contribution in [1.82, 2.24) is 10.5 Å². The summed E-state index contributed by atoms with van der Waals surface area (Å²) < 4.78 is 43.8. The molecule has 0 aliphatic rings. The number of nitrogens with zero attached hydrogens (tertiary/aromatic N) is 1. The van der Waals surface area contributed by atoms with Gasteiger partial charge in [0.25, 0.3) is 5.91 Å². The van der Waals surface area contributed by atoms with Gasteiger partial charge in [-0.25, -0.2) is 0 Å². The molecule has 0 saturated carbocycles. The summed E-state index contributed by atoms with van der Waals surface area (Å²) in [5, 5.41) is 8.36. The van der Waals surface area contributed by atoms with E-state index >= 15 is 0 Å². The van der Waals surface area contributed by atoms with Crippen molar-refractivity contribution in [3.8, 4) is 11.3 Å². The van der Waals surface area contributed by atoms with Crippen molar-refractivity contribution in [3.05, 3.63) is 63.5 Å². The molecule has 0 atom stereocenters. The van der Waals surface area contributed by atoms with Crippen molar-refractivity contribution in [3.63, 3.8) is 0 Å². The molecule has 1 aromatic carbocycles. The highest BCUT2D eigenvalue weighted by Gasteiger charge is 2.31. The fraction of sp³-hybridized carbons (Fsp3) is 0.176. The molecule has 2 heterocycles. The normalized spacial score (nSPS) is 11.5. The molecule has 1 N–H and O–H groups in total. The number of nitrogens with one attached hydrogen (secondary N) is 1. The van der Waals surface area contributed by atoms with Gasteiger partial charge in [-0.05, 0) is 30.5 Å². The average Bonchev–Trinajstić information content (AvgIpc) is 3.21. The number of carbonyl (C=O) groups is 1. The molecule has 0 saturated heterocycles. The van der Waals surface area contributed by atoms with Crippen LogP contribution in [-0.4, -0.2) is 11.1 Å². The molecule has 3 aromatic rings. The Hall–Kier alpha value is -2.61. The minimum absolute atomic E-state index is 0.0206. The Bertz CT molecular complexity index is 886. The lowest BCUT2D eigenvalue weighted by Crippen LogP contribution is -2.23. The number of carbonyl (C=O) groups excluding carboxylic acids is 1. The van der Waals surface area contributed by atoms with Gasteiger partial charge in [-0.1, -0.05) is 23.4 Å². The zero-order chi connectivity index (χ0) is 18.0. The van der Waals surface area contributed by atoms with Gasteiger partial charge in [0.1, 0.15) is 5.56 Å². The topological polar surface area (TPSA) is 55.1 Å². The molecule has 2 aromatic heterocycles. The highest BCUT2D eigenvalue weighted by atomic mass is 32.1. The van der Waals surface area contributed by atoms with Crippen LogP contribution in [0.25, 0.3) is 11.3 Å². The Kier molecular flexibility index (Phi) is 4.63. The zero-order valence-electron chi connectivity index (χ0n) is 13.1. The molecule has 0 aliphatic heterocycles. The lowest BCUT2D eigenvalue weighted by molar-refractivity contribution is -0.137. The van der Waals surface area contributed by atoms with Crippen molar-refractivity contribution < 1.29 is 22.5 Å².